The molecule has 2 amide bonds. The van der Waals surface area contributed by atoms with Crippen LogP contribution >= 0.6 is 0 Å². The summed E-state index contributed by atoms with van der Waals surface area (Å²) in [6, 6.07) is 14.3. The Balaban J connectivity index is 1.41. The van der Waals surface area contributed by atoms with Gasteiger partial charge in [0.15, 0.2) is 0 Å². The molecule has 8 nitrogen and oxygen atoms in total. The number of benzene rings is 2. The zero-order valence-electron chi connectivity index (χ0n) is 20.4. The van der Waals surface area contributed by atoms with Crippen LogP contribution in [0.2, 0.25) is 0 Å². The molecule has 1 fully saturated rings. The monoisotopic (exact) mass is 498 g/mol. The summed E-state index contributed by atoms with van der Waals surface area (Å²) < 4.78 is 27.8. The molecule has 0 unspecified atom stereocenters. The van der Waals surface area contributed by atoms with E-state index in [0.29, 0.717) is 43.9 Å². The first-order valence-corrected chi connectivity index (χ1v) is 13.6. The summed E-state index contributed by atoms with van der Waals surface area (Å²) in [5.41, 5.74) is 2.52. The number of likely N-dealkylation sites (N-methyl/N-ethyl adjacent to an activating group) is 1. The Labute approximate surface area is 207 Å². The van der Waals surface area contributed by atoms with Gasteiger partial charge in [0, 0.05) is 51.8 Å². The topological polar surface area (TPSA) is 90.0 Å². The van der Waals surface area contributed by atoms with Crippen molar-refractivity contribution in [1.29, 1.82) is 0 Å². The highest BCUT2D eigenvalue weighted by molar-refractivity contribution is 7.89. The molecule has 35 heavy (non-hydrogen) atoms. The Morgan fingerprint density at radius 1 is 1.06 bits per heavy atom. The molecule has 0 saturated carbocycles. The molecule has 2 aliphatic rings. The van der Waals surface area contributed by atoms with Crippen molar-refractivity contribution in [1.82, 2.24) is 14.5 Å². The molecule has 2 aromatic carbocycles. The third-order valence-electron chi connectivity index (χ3n) is 6.72. The van der Waals surface area contributed by atoms with E-state index in [1.165, 1.54) is 21.7 Å². The lowest BCUT2D eigenvalue weighted by Gasteiger charge is -2.26. The van der Waals surface area contributed by atoms with Crippen molar-refractivity contribution < 1.29 is 18.0 Å². The smallest absolute Gasteiger partial charge is 0.243 e. The number of nitrogens with zero attached hydrogens (tertiary/aromatic N) is 3. The van der Waals surface area contributed by atoms with Crippen LogP contribution in [0.5, 0.6) is 0 Å². The summed E-state index contributed by atoms with van der Waals surface area (Å²) >= 11 is 0. The van der Waals surface area contributed by atoms with Crippen molar-refractivity contribution in [2.75, 3.05) is 38.1 Å². The van der Waals surface area contributed by atoms with Gasteiger partial charge in [-0.2, -0.15) is 4.31 Å². The van der Waals surface area contributed by atoms with Gasteiger partial charge in [-0.3, -0.25) is 14.5 Å². The van der Waals surface area contributed by atoms with Crippen molar-refractivity contribution in [3.05, 3.63) is 59.7 Å². The fourth-order valence-electron chi connectivity index (χ4n) is 4.90. The molecule has 0 aromatic heterocycles. The average molecular weight is 499 g/mol. The van der Waals surface area contributed by atoms with Crippen molar-refractivity contribution >= 4 is 27.5 Å². The van der Waals surface area contributed by atoms with Gasteiger partial charge in [0.2, 0.25) is 21.8 Å². The molecule has 9 heteroatoms. The Hall–Kier alpha value is -2.75. The first kappa shape index (κ1) is 25.3. The van der Waals surface area contributed by atoms with E-state index in [2.05, 4.69) is 22.3 Å². The third-order valence-corrected chi connectivity index (χ3v) is 8.61. The normalized spacial score (nSPS) is 18.5. The maximum atomic E-state index is 13.1. The summed E-state index contributed by atoms with van der Waals surface area (Å²) in [6.45, 7) is 4.39. The number of rotatable bonds is 8. The number of piperidine rings is 1. The van der Waals surface area contributed by atoms with Gasteiger partial charge in [0.1, 0.15) is 6.04 Å². The molecule has 2 aromatic rings. The van der Waals surface area contributed by atoms with Crippen molar-refractivity contribution in [3.8, 4) is 0 Å². The van der Waals surface area contributed by atoms with E-state index in [1.807, 2.05) is 25.2 Å². The van der Waals surface area contributed by atoms with E-state index in [0.717, 1.165) is 25.8 Å². The summed E-state index contributed by atoms with van der Waals surface area (Å²) in [5.74, 6) is -0.471. The van der Waals surface area contributed by atoms with Gasteiger partial charge in [-0.25, -0.2) is 8.42 Å². The zero-order chi connectivity index (χ0) is 25.0. The summed E-state index contributed by atoms with van der Waals surface area (Å²) in [5, 5.41) is 2.96. The predicted octanol–water partition coefficient (Wildman–Crippen LogP) is 2.39. The largest absolute Gasteiger partial charge is 0.353 e. The van der Waals surface area contributed by atoms with Gasteiger partial charge in [-0.1, -0.05) is 36.8 Å². The molecular formula is C26H34N4O4S. The van der Waals surface area contributed by atoms with E-state index in [-0.39, 0.29) is 16.7 Å². The van der Waals surface area contributed by atoms with Gasteiger partial charge < -0.3 is 10.2 Å². The molecule has 1 N–H and O–H groups in total. The number of hydrogen-bond acceptors (Lipinski definition) is 5. The lowest BCUT2D eigenvalue weighted by atomic mass is 10.1. The Kier molecular flexibility index (Phi) is 7.88. The van der Waals surface area contributed by atoms with Crippen LogP contribution in [0.15, 0.2) is 53.4 Å². The van der Waals surface area contributed by atoms with Crippen molar-refractivity contribution in [2.24, 2.45) is 0 Å². The maximum Gasteiger partial charge on any atom is 0.243 e. The van der Waals surface area contributed by atoms with Gasteiger partial charge in [0.05, 0.1) is 4.90 Å². The van der Waals surface area contributed by atoms with Crippen molar-refractivity contribution in [2.45, 2.75) is 50.1 Å². The van der Waals surface area contributed by atoms with E-state index in [9.17, 15) is 18.0 Å². The number of amides is 2. The van der Waals surface area contributed by atoms with E-state index < -0.39 is 16.1 Å². The number of hydrogen-bond donors (Lipinski definition) is 1. The molecule has 0 aliphatic carbocycles. The van der Waals surface area contributed by atoms with Crippen molar-refractivity contribution in [3.63, 3.8) is 0 Å². The summed E-state index contributed by atoms with van der Waals surface area (Å²) in [4.78, 5) is 29.3. The minimum Gasteiger partial charge on any atom is -0.353 e. The second-order valence-corrected chi connectivity index (χ2v) is 11.3. The van der Waals surface area contributed by atoms with Crippen LogP contribution < -0.4 is 10.2 Å². The lowest BCUT2D eigenvalue weighted by molar-refractivity contribution is -0.125. The van der Waals surface area contributed by atoms with E-state index in [1.54, 1.807) is 18.2 Å². The number of nitrogens with one attached hydrogen (secondary N) is 1. The number of carbonyl (C=O) groups excluding carboxylic acids is 2. The van der Waals surface area contributed by atoms with Crippen LogP contribution in [0.1, 0.15) is 37.3 Å². The molecule has 1 atom stereocenters. The van der Waals surface area contributed by atoms with Crippen LogP contribution in [0, 0.1) is 0 Å². The highest BCUT2D eigenvalue weighted by Crippen LogP contribution is 2.35. The third kappa shape index (κ3) is 5.74. The van der Waals surface area contributed by atoms with E-state index >= 15 is 0 Å². The highest BCUT2D eigenvalue weighted by Gasteiger charge is 2.38. The first-order valence-electron chi connectivity index (χ1n) is 12.2. The SMILES string of the molecule is CC(=O)N1c2ccc(S(=O)(=O)N3CCCCC3)cc2C[C@@H]1C(=O)NCCN(C)Cc1ccccc1. The quantitative estimate of drug-likeness (QED) is 0.604. The Morgan fingerprint density at radius 3 is 2.46 bits per heavy atom. The molecule has 0 radical (unpaired) electrons. The predicted molar refractivity (Wildman–Crippen MR) is 135 cm³/mol. The molecule has 1 saturated heterocycles. The van der Waals surface area contributed by atoms with Gasteiger partial charge in [-0.05, 0) is 49.2 Å². The lowest BCUT2D eigenvalue weighted by Crippen LogP contribution is -2.48. The fourth-order valence-corrected chi connectivity index (χ4v) is 6.47. The van der Waals surface area contributed by atoms with Crippen LogP contribution in [-0.2, 0) is 32.6 Å². The fraction of sp³-hybridized carbons (Fsp3) is 0.462. The van der Waals surface area contributed by atoms with Crippen LogP contribution in [0.4, 0.5) is 5.69 Å². The second-order valence-electron chi connectivity index (χ2n) is 9.38. The van der Waals surface area contributed by atoms with Gasteiger partial charge in [-0.15, -0.1) is 0 Å². The first-order chi connectivity index (χ1) is 16.8. The number of sulfonamides is 1. The molecule has 188 valence electrons. The van der Waals surface area contributed by atoms with Gasteiger partial charge in [0.25, 0.3) is 0 Å². The van der Waals surface area contributed by atoms with E-state index in [4.69, 9.17) is 0 Å². The van der Waals surface area contributed by atoms with Gasteiger partial charge >= 0.3 is 0 Å². The maximum absolute atomic E-state index is 13.1. The highest BCUT2D eigenvalue weighted by atomic mass is 32.2. The van der Waals surface area contributed by atoms with Crippen LogP contribution in [0.25, 0.3) is 0 Å². The Bertz CT molecular complexity index is 1160. The molecule has 4 rings (SSSR count). The summed E-state index contributed by atoms with van der Waals surface area (Å²) in [7, 11) is -1.59. The molecule has 0 spiro atoms. The molecular weight excluding hydrogens is 464 g/mol. The minimum atomic E-state index is -3.58. The second kappa shape index (κ2) is 10.9. The number of fused-ring (bicyclic) bond motifs is 1. The Morgan fingerprint density at radius 2 is 1.77 bits per heavy atom. The molecule has 2 aliphatic heterocycles. The number of anilines is 1. The molecule has 2 heterocycles. The summed E-state index contributed by atoms with van der Waals surface area (Å²) in [6.07, 6.45) is 3.07. The molecule has 0 bridgehead atoms. The standard InChI is InChI=1S/C26H34N4O4S/c1-20(31)30-24-12-11-23(35(33,34)29-14-7-4-8-15-29)17-22(24)18-25(30)26(32)27-13-16-28(2)19-21-9-5-3-6-10-21/h3,5-6,9-12,17,25H,4,7-8,13-16,18-19H2,1-2H3,(H,27,32)/t25-/m1/s1. The average Bonchev–Trinajstić information content (AvgIpc) is 3.24. The van der Waals surface area contributed by atoms with Crippen LogP contribution in [0.3, 0.4) is 0 Å². The van der Waals surface area contributed by atoms with Crippen LogP contribution in [-0.4, -0.2) is 68.7 Å². The minimum absolute atomic E-state index is 0.227. The zero-order valence-corrected chi connectivity index (χ0v) is 21.3. The number of carbonyl (C=O) groups is 2.